The first kappa shape index (κ1) is 23.9. The molecule has 8 heteroatoms. The van der Waals surface area contributed by atoms with Gasteiger partial charge in [-0.2, -0.15) is 0 Å². The number of hydrogen-bond acceptors (Lipinski definition) is 4. The average molecular weight is 457 g/mol. The maximum atomic E-state index is 13.0. The van der Waals surface area contributed by atoms with E-state index in [0.717, 1.165) is 23.0 Å². The average Bonchev–Trinajstić information content (AvgIpc) is 3.16. The van der Waals surface area contributed by atoms with Crippen molar-refractivity contribution in [1.29, 1.82) is 0 Å². The van der Waals surface area contributed by atoms with Gasteiger partial charge in [0.15, 0.2) is 11.0 Å². The highest BCUT2D eigenvalue weighted by molar-refractivity contribution is 7.99. The van der Waals surface area contributed by atoms with Crippen LogP contribution >= 0.6 is 11.8 Å². The summed E-state index contributed by atoms with van der Waals surface area (Å²) in [4.78, 5) is 13.7. The van der Waals surface area contributed by atoms with Gasteiger partial charge in [0.25, 0.3) is 0 Å². The molecule has 2 N–H and O–H groups in total. The van der Waals surface area contributed by atoms with Gasteiger partial charge in [-0.25, -0.2) is 4.39 Å². The molecule has 0 aliphatic carbocycles. The van der Waals surface area contributed by atoms with Gasteiger partial charge in [-0.05, 0) is 29.7 Å². The maximum absolute atomic E-state index is 13.0. The van der Waals surface area contributed by atoms with E-state index in [9.17, 15) is 9.18 Å². The van der Waals surface area contributed by atoms with Gasteiger partial charge in [-0.3, -0.25) is 9.36 Å². The summed E-state index contributed by atoms with van der Waals surface area (Å²) in [5, 5.41) is 12.6. The van der Waals surface area contributed by atoms with Crippen LogP contribution in [-0.4, -0.2) is 47.1 Å². The number of quaternary nitrogens is 1. The summed E-state index contributed by atoms with van der Waals surface area (Å²) in [5.74, 6) is 0.894. The molecule has 1 amide bonds. The summed E-state index contributed by atoms with van der Waals surface area (Å²) in [7, 11) is 4.24. The van der Waals surface area contributed by atoms with E-state index < -0.39 is 0 Å². The molecule has 0 fully saturated rings. The smallest absolute Gasteiger partial charge is 0.230 e. The number of halogens is 1. The van der Waals surface area contributed by atoms with Crippen molar-refractivity contribution in [3.8, 4) is 0 Å². The molecule has 1 aromatic heterocycles. The summed E-state index contributed by atoms with van der Waals surface area (Å²) < 4.78 is 15.1. The second-order valence-corrected chi connectivity index (χ2v) is 8.91. The van der Waals surface area contributed by atoms with Crippen LogP contribution < -0.4 is 10.2 Å². The molecule has 1 atom stereocenters. The number of nitrogens with zero attached hydrogens (tertiary/aromatic N) is 3. The fourth-order valence-corrected chi connectivity index (χ4v) is 4.38. The quantitative estimate of drug-likeness (QED) is 0.435. The lowest BCUT2D eigenvalue weighted by Gasteiger charge is -2.20. The Morgan fingerprint density at radius 1 is 1.09 bits per heavy atom. The van der Waals surface area contributed by atoms with Crippen LogP contribution in [-0.2, 0) is 17.8 Å². The van der Waals surface area contributed by atoms with Crippen LogP contribution in [0.25, 0.3) is 0 Å². The van der Waals surface area contributed by atoms with Crippen molar-refractivity contribution in [2.24, 2.45) is 0 Å². The summed E-state index contributed by atoms with van der Waals surface area (Å²) >= 11 is 1.40. The molecule has 6 nitrogen and oxygen atoms in total. The van der Waals surface area contributed by atoms with Gasteiger partial charge in [-0.1, -0.05) is 61.2 Å². The van der Waals surface area contributed by atoms with E-state index in [2.05, 4.69) is 53.2 Å². The first-order chi connectivity index (χ1) is 15.5. The summed E-state index contributed by atoms with van der Waals surface area (Å²) in [5.41, 5.74) is 2.16. The van der Waals surface area contributed by atoms with Crippen molar-refractivity contribution in [3.05, 3.63) is 77.4 Å². The van der Waals surface area contributed by atoms with Gasteiger partial charge < -0.3 is 10.2 Å². The summed E-state index contributed by atoms with van der Waals surface area (Å²) in [6, 6.07) is 16.8. The van der Waals surface area contributed by atoms with Crippen LogP contribution in [0, 0.1) is 5.82 Å². The van der Waals surface area contributed by atoms with Crippen LogP contribution in [0.15, 0.2) is 59.8 Å². The molecular weight excluding hydrogens is 425 g/mol. The third-order valence-electron chi connectivity index (χ3n) is 5.33. The zero-order chi connectivity index (χ0) is 22.9. The lowest BCUT2D eigenvalue weighted by Crippen LogP contribution is -3.06. The monoisotopic (exact) mass is 456 g/mol. The lowest BCUT2D eigenvalue weighted by atomic mass is 10.1. The fourth-order valence-electron chi connectivity index (χ4n) is 3.61. The molecule has 0 unspecified atom stereocenters. The Balaban J connectivity index is 1.63. The van der Waals surface area contributed by atoms with Gasteiger partial charge in [0, 0.05) is 13.0 Å². The molecule has 2 aromatic carbocycles. The third-order valence-corrected chi connectivity index (χ3v) is 6.29. The minimum Gasteiger partial charge on any atom is -0.355 e. The van der Waals surface area contributed by atoms with Crippen LogP contribution in [0.2, 0.25) is 0 Å². The normalized spacial score (nSPS) is 12.2. The second-order valence-electron chi connectivity index (χ2n) is 7.97. The van der Waals surface area contributed by atoms with E-state index in [4.69, 9.17) is 0 Å². The molecule has 1 heterocycles. The number of thioether (sulfide) groups is 1. The van der Waals surface area contributed by atoms with Crippen molar-refractivity contribution in [3.63, 3.8) is 0 Å². The van der Waals surface area contributed by atoms with E-state index in [1.54, 1.807) is 12.1 Å². The van der Waals surface area contributed by atoms with Gasteiger partial charge in [0.05, 0.1) is 26.4 Å². The van der Waals surface area contributed by atoms with Crippen molar-refractivity contribution in [2.75, 3.05) is 26.4 Å². The highest BCUT2D eigenvalue weighted by atomic mass is 32.2. The Labute approximate surface area is 193 Å². The topological polar surface area (TPSA) is 64.2 Å². The lowest BCUT2D eigenvalue weighted by molar-refractivity contribution is -0.893. The zero-order valence-electron chi connectivity index (χ0n) is 18.8. The SMILES string of the molecule is CC[C@@H](c1nnc(SCC(=O)NCCc2ccc(F)cc2)n1Cc1ccccc1)[NH+](C)C. The number of rotatable bonds is 11. The Bertz CT molecular complexity index is 991. The van der Waals surface area contributed by atoms with Crippen LogP contribution in [0.3, 0.4) is 0 Å². The third kappa shape index (κ3) is 6.64. The molecular formula is C24H31FN5OS+. The minimum atomic E-state index is -0.255. The first-order valence-corrected chi connectivity index (χ1v) is 11.9. The predicted octanol–water partition coefficient (Wildman–Crippen LogP) is 2.51. The second kappa shape index (κ2) is 11.8. The number of amides is 1. The molecule has 32 heavy (non-hydrogen) atoms. The largest absolute Gasteiger partial charge is 0.355 e. The molecule has 170 valence electrons. The first-order valence-electron chi connectivity index (χ1n) is 10.9. The minimum absolute atomic E-state index is 0.0572. The molecule has 3 aromatic rings. The van der Waals surface area contributed by atoms with Crippen LogP contribution in [0.4, 0.5) is 4.39 Å². The molecule has 0 aliphatic heterocycles. The number of hydrogen-bond donors (Lipinski definition) is 2. The molecule has 0 saturated carbocycles. The Kier molecular flexibility index (Phi) is 8.81. The Hall–Kier alpha value is -2.71. The Morgan fingerprint density at radius 3 is 2.47 bits per heavy atom. The number of aromatic nitrogens is 3. The molecule has 0 radical (unpaired) electrons. The van der Waals surface area contributed by atoms with Crippen molar-refractivity contribution < 1.29 is 14.1 Å². The van der Waals surface area contributed by atoms with Crippen molar-refractivity contribution in [2.45, 2.75) is 37.5 Å². The zero-order valence-corrected chi connectivity index (χ0v) is 19.7. The highest BCUT2D eigenvalue weighted by Crippen LogP contribution is 2.22. The standard InChI is InChI=1S/C24H30FN5OS/c1-4-21(29(2)3)23-27-28-24(30(23)16-19-8-6-5-7-9-19)32-17-22(31)26-15-14-18-10-12-20(25)13-11-18/h5-13,21H,4,14-17H2,1-3H3,(H,26,31)/p+1/t21-/m0/s1. The Morgan fingerprint density at radius 2 is 1.81 bits per heavy atom. The van der Waals surface area contributed by atoms with Gasteiger partial charge >= 0.3 is 0 Å². The van der Waals surface area contributed by atoms with E-state index in [1.165, 1.54) is 34.4 Å². The highest BCUT2D eigenvalue weighted by Gasteiger charge is 2.25. The van der Waals surface area contributed by atoms with Gasteiger partial charge in [0.2, 0.25) is 5.91 Å². The van der Waals surface area contributed by atoms with E-state index in [1.807, 2.05) is 18.2 Å². The number of carbonyl (C=O) groups excluding carboxylic acids is 1. The van der Waals surface area contributed by atoms with E-state index in [-0.39, 0.29) is 23.5 Å². The summed E-state index contributed by atoms with van der Waals surface area (Å²) in [6.07, 6.45) is 1.61. The predicted molar refractivity (Wildman–Crippen MR) is 125 cm³/mol. The van der Waals surface area contributed by atoms with Crippen molar-refractivity contribution >= 4 is 17.7 Å². The molecule has 3 rings (SSSR count). The van der Waals surface area contributed by atoms with E-state index >= 15 is 0 Å². The van der Waals surface area contributed by atoms with Crippen LogP contribution in [0.1, 0.15) is 36.3 Å². The number of benzene rings is 2. The molecule has 0 spiro atoms. The fraction of sp³-hybridized carbons (Fsp3) is 0.375. The van der Waals surface area contributed by atoms with E-state index in [0.29, 0.717) is 19.5 Å². The van der Waals surface area contributed by atoms with Gasteiger partial charge in [-0.15, -0.1) is 10.2 Å². The molecule has 0 aliphatic rings. The van der Waals surface area contributed by atoms with Gasteiger partial charge in [0.1, 0.15) is 11.9 Å². The molecule has 0 saturated heterocycles. The summed E-state index contributed by atoms with van der Waals surface area (Å²) in [6.45, 7) is 3.33. The number of carbonyl (C=O) groups is 1. The maximum Gasteiger partial charge on any atom is 0.230 e. The number of nitrogens with one attached hydrogen (secondary N) is 2. The van der Waals surface area contributed by atoms with Crippen LogP contribution in [0.5, 0.6) is 0 Å². The van der Waals surface area contributed by atoms with Crippen molar-refractivity contribution in [1.82, 2.24) is 20.1 Å². The molecule has 0 bridgehead atoms.